The molecule has 0 spiro atoms. The Balaban J connectivity index is 0. The predicted molar refractivity (Wildman–Crippen MR) is 82.3 cm³/mol. The van der Waals surface area contributed by atoms with Crippen molar-refractivity contribution in [1.29, 1.82) is 0 Å². The fourth-order valence-corrected chi connectivity index (χ4v) is 0.943. The fourth-order valence-electron chi connectivity index (χ4n) is 0.943. The molecule has 5 heteroatoms. The maximum Gasteiger partial charge on any atom is 0.302 e. The van der Waals surface area contributed by atoms with E-state index < -0.39 is 0 Å². The number of methoxy groups -OCH3 is 2. The van der Waals surface area contributed by atoms with Crippen LogP contribution in [0.15, 0.2) is 24.3 Å². The van der Waals surface area contributed by atoms with Crippen molar-refractivity contribution in [2.24, 2.45) is 0 Å². The molecule has 0 amide bonds. The first kappa shape index (κ1) is 21.3. The number of esters is 2. The van der Waals surface area contributed by atoms with Gasteiger partial charge in [0, 0.05) is 13.8 Å². The van der Waals surface area contributed by atoms with Gasteiger partial charge >= 0.3 is 11.9 Å². The van der Waals surface area contributed by atoms with E-state index >= 15 is 0 Å². The number of carbonyl (C=O) groups is 2. The van der Waals surface area contributed by atoms with Crippen molar-refractivity contribution in [2.75, 3.05) is 14.2 Å². The van der Waals surface area contributed by atoms with E-state index in [9.17, 15) is 9.59 Å². The van der Waals surface area contributed by atoms with Crippen LogP contribution in [0.5, 0.6) is 5.75 Å². The number of hydrogen-bond donors (Lipinski definition) is 0. The second kappa shape index (κ2) is 13.0. The first-order valence-corrected chi connectivity index (χ1v) is 6.55. The molecule has 0 saturated carbocycles. The molecule has 0 aromatic heterocycles. The molecule has 0 bridgehead atoms. The van der Waals surface area contributed by atoms with Crippen LogP contribution in [-0.4, -0.2) is 32.3 Å². The second-order valence-corrected chi connectivity index (χ2v) is 4.32. The average molecular weight is 298 g/mol. The number of carbonyl (C=O) groups excluding carboxylic acids is 2. The van der Waals surface area contributed by atoms with Crippen LogP contribution in [0.4, 0.5) is 0 Å². The largest absolute Gasteiger partial charge is 0.491 e. The zero-order valence-electron chi connectivity index (χ0n) is 13.9. The molecule has 1 aromatic rings. The van der Waals surface area contributed by atoms with Crippen molar-refractivity contribution in [3.8, 4) is 5.75 Å². The molecule has 0 N–H and O–H groups in total. The molecule has 0 fully saturated rings. The highest BCUT2D eigenvalue weighted by atomic mass is 16.5. The van der Waals surface area contributed by atoms with Gasteiger partial charge in [-0.3, -0.25) is 9.59 Å². The summed E-state index contributed by atoms with van der Waals surface area (Å²) >= 11 is 0. The maximum absolute atomic E-state index is 9.59. The minimum Gasteiger partial charge on any atom is -0.491 e. The van der Waals surface area contributed by atoms with Crippen molar-refractivity contribution in [3.05, 3.63) is 29.8 Å². The third-order valence-electron chi connectivity index (χ3n) is 2.03. The topological polar surface area (TPSA) is 61.8 Å². The van der Waals surface area contributed by atoms with Gasteiger partial charge in [0.25, 0.3) is 0 Å². The Bertz CT molecular complexity index is 399. The van der Waals surface area contributed by atoms with Crippen LogP contribution in [0, 0.1) is 6.92 Å². The SMILES string of the molecule is COC(C)=O.COC(C)=O.Cc1ccccc1OC(C)C. The van der Waals surface area contributed by atoms with E-state index in [1.807, 2.05) is 32.0 Å². The third kappa shape index (κ3) is 15.9. The lowest BCUT2D eigenvalue weighted by atomic mass is 10.2. The molecule has 0 aliphatic heterocycles. The number of para-hydroxylation sites is 1. The van der Waals surface area contributed by atoms with Crippen molar-refractivity contribution < 1.29 is 23.8 Å². The minimum absolute atomic E-state index is 0.245. The molecule has 5 nitrogen and oxygen atoms in total. The highest BCUT2D eigenvalue weighted by molar-refractivity contribution is 5.65. The highest BCUT2D eigenvalue weighted by Crippen LogP contribution is 2.17. The molecule has 120 valence electrons. The minimum atomic E-state index is -0.245. The molecule has 0 heterocycles. The van der Waals surface area contributed by atoms with Gasteiger partial charge < -0.3 is 14.2 Å². The maximum atomic E-state index is 9.59. The Morgan fingerprint density at radius 2 is 1.33 bits per heavy atom. The molecule has 0 aliphatic rings. The van der Waals surface area contributed by atoms with E-state index in [1.54, 1.807) is 0 Å². The van der Waals surface area contributed by atoms with Crippen molar-refractivity contribution >= 4 is 11.9 Å². The second-order valence-electron chi connectivity index (χ2n) is 4.32. The zero-order chi connectivity index (χ0) is 16.8. The highest BCUT2D eigenvalue weighted by Gasteiger charge is 1.98. The third-order valence-corrected chi connectivity index (χ3v) is 2.03. The van der Waals surface area contributed by atoms with Crippen LogP contribution >= 0.6 is 0 Å². The van der Waals surface area contributed by atoms with Gasteiger partial charge in [-0.05, 0) is 32.4 Å². The van der Waals surface area contributed by atoms with Gasteiger partial charge in [0.1, 0.15) is 5.75 Å². The van der Waals surface area contributed by atoms with Crippen LogP contribution in [0.3, 0.4) is 0 Å². The van der Waals surface area contributed by atoms with Crippen LogP contribution in [0.2, 0.25) is 0 Å². The van der Waals surface area contributed by atoms with E-state index in [0.29, 0.717) is 0 Å². The van der Waals surface area contributed by atoms with Gasteiger partial charge in [0.15, 0.2) is 0 Å². The molecule has 21 heavy (non-hydrogen) atoms. The Labute approximate surface area is 127 Å². The molecule has 0 radical (unpaired) electrons. The fraction of sp³-hybridized carbons (Fsp3) is 0.500. The normalized spacial score (nSPS) is 8.57. The number of hydrogen-bond acceptors (Lipinski definition) is 5. The Hall–Kier alpha value is -2.04. The summed E-state index contributed by atoms with van der Waals surface area (Å²) in [6, 6.07) is 8.06. The van der Waals surface area contributed by atoms with Crippen molar-refractivity contribution in [3.63, 3.8) is 0 Å². The zero-order valence-corrected chi connectivity index (χ0v) is 13.9. The lowest BCUT2D eigenvalue weighted by molar-refractivity contribution is -0.138. The first-order chi connectivity index (χ1) is 9.74. The van der Waals surface area contributed by atoms with E-state index in [2.05, 4.69) is 22.5 Å². The summed E-state index contributed by atoms with van der Waals surface area (Å²) in [5.41, 5.74) is 1.20. The summed E-state index contributed by atoms with van der Waals surface area (Å²) in [5.74, 6) is 0.498. The number of benzene rings is 1. The van der Waals surface area contributed by atoms with Crippen LogP contribution in [0.25, 0.3) is 0 Å². The number of aryl methyl sites for hydroxylation is 1. The summed E-state index contributed by atoms with van der Waals surface area (Å²) in [4.78, 5) is 19.2. The van der Waals surface area contributed by atoms with Gasteiger partial charge in [-0.2, -0.15) is 0 Å². The van der Waals surface area contributed by atoms with Crippen molar-refractivity contribution in [1.82, 2.24) is 0 Å². The van der Waals surface area contributed by atoms with Gasteiger partial charge in [-0.25, -0.2) is 0 Å². The smallest absolute Gasteiger partial charge is 0.302 e. The van der Waals surface area contributed by atoms with Crippen molar-refractivity contribution in [2.45, 2.75) is 40.7 Å². The van der Waals surface area contributed by atoms with Crippen LogP contribution in [-0.2, 0) is 19.1 Å². The Morgan fingerprint density at radius 1 is 0.952 bits per heavy atom. The summed E-state index contributed by atoms with van der Waals surface area (Å²) in [6.45, 7) is 8.84. The van der Waals surface area contributed by atoms with Gasteiger partial charge in [-0.1, -0.05) is 18.2 Å². The Kier molecular flexibility index (Phi) is 13.1. The molecule has 1 rings (SSSR count). The van der Waals surface area contributed by atoms with E-state index in [1.165, 1.54) is 33.6 Å². The summed E-state index contributed by atoms with van der Waals surface area (Å²) in [5, 5.41) is 0. The van der Waals surface area contributed by atoms with Crippen LogP contribution in [0.1, 0.15) is 33.3 Å². The Morgan fingerprint density at radius 3 is 1.62 bits per heavy atom. The molecule has 0 unspecified atom stereocenters. The van der Waals surface area contributed by atoms with Gasteiger partial charge in [-0.15, -0.1) is 0 Å². The molecular weight excluding hydrogens is 272 g/mol. The molecule has 0 aliphatic carbocycles. The quantitative estimate of drug-likeness (QED) is 0.785. The molecule has 0 saturated heterocycles. The van der Waals surface area contributed by atoms with E-state index in [4.69, 9.17) is 4.74 Å². The molecule has 0 atom stereocenters. The monoisotopic (exact) mass is 298 g/mol. The molecule has 1 aromatic carbocycles. The molecular formula is C16H26O5. The lowest BCUT2D eigenvalue weighted by Crippen LogP contribution is -2.06. The standard InChI is InChI=1S/C10H14O.2C3H6O2/c1-8(2)11-10-7-5-4-6-9(10)3;2*1-3(4)5-2/h4-8H,1-3H3;2*1-2H3. The average Bonchev–Trinajstić information content (AvgIpc) is 2.42. The number of ether oxygens (including phenoxy) is 3. The summed E-state index contributed by atoms with van der Waals surface area (Å²) < 4.78 is 13.8. The summed E-state index contributed by atoms with van der Waals surface area (Å²) in [6.07, 6.45) is 0.260. The van der Waals surface area contributed by atoms with Gasteiger partial charge in [0.2, 0.25) is 0 Å². The lowest BCUT2D eigenvalue weighted by Gasteiger charge is -2.11. The van der Waals surface area contributed by atoms with Gasteiger partial charge in [0.05, 0.1) is 20.3 Å². The predicted octanol–water partition coefficient (Wildman–Crippen LogP) is 3.14. The van der Waals surface area contributed by atoms with E-state index in [-0.39, 0.29) is 18.0 Å². The number of rotatable bonds is 2. The van der Waals surface area contributed by atoms with Crippen LogP contribution < -0.4 is 4.74 Å². The van der Waals surface area contributed by atoms with E-state index in [0.717, 1.165) is 5.75 Å². The summed E-state index contributed by atoms with van der Waals surface area (Å²) in [7, 11) is 2.70. The first-order valence-electron chi connectivity index (χ1n) is 6.55.